The zero-order valence-electron chi connectivity index (χ0n) is 12.9. The summed E-state index contributed by atoms with van der Waals surface area (Å²) in [4.78, 5) is 50.4. The molecular weight excluding hydrogens is 316 g/mol. The van der Waals surface area contributed by atoms with E-state index in [4.69, 9.17) is 4.74 Å². The van der Waals surface area contributed by atoms with Crippen molar-refractivity contribution in [2.75, 3.05) is 20.2 Å². The minimum atomic E-state index is -0.760. The van der Waals surface area contributed by atoms with Gasteiger partial charge in [0.25, 0.3) is 11.5 Å². The Morgan fingerprint density at radius 2 is 1.96 bits per heavy atom. The monoisotopic (exact) mass is 332 g/mol. The molecule has 0 aliphatic heterocycles. The third kappa shape index (κ3) is 4.38. The van der Waals surface area contributed by atoms with Crippen molar-refractivity contribution in [3.05, 3.63) is 40.9 Å². The van der Waals surface area contributed by atoms with E-state index in [1.165, 1.54) is 13.4 Å². The van der Waals surface area contributed by atoms with Crippen LogP contribution < -0.4 is 16.2 Å². The van der Waals surface area contributed by atoms with Crippen LogP contribution in [0.5, 0.6) is 0 Å². The maximum atomic E-state index is 12.2. The van der Waals surface area contributed by atoms with Gasteiger partial charge in [-0.15, -0.1) is 0 Å². The SMILES string of the molecule is CNC(=O)CNC(=O)COC(=O)Cn1cnc2ccccc2c1=O. The van der Waals surface area contributed by atoms with Crippen molar-refractivity contribution in [1.29, 1.82) is 0 Å². The largest absolute Gasteiger partial charge is 0.454 e. The molecule has 2 aromatic rings. The number of hydrogen-bond acceptors (Lipinski definition) is 6. The second-order valence-corrected chi connectivity index (χ2v) is 4.81. The molecule has 2 rings (SSSR count). The maximum Gasteiger partial charge on any atom is 0.326 e. The molecule has 9 nitrogen and oxygen atoms in total. The van der Waals surface area contributed by atoms with Crippen molar-refractivity contribution in [3.63, 3.8) is 0 Å². The molecule has 1 heterocycles. The highest BCUT2D eigenvalue weighted by molar-refractivity contribution is 5.86. The average molecular weight is 332 g/mol. The van der Waals surface area contributed by atoms with Crippen molar-refractivity contribution in [2.24, 2.45) is 0 Å². The minimum Gasteiger partial charge on any atom is -0.454 e. The molecule has 0 unspecified atom stereocenters. The van der Waals surface area contributed by atoms with Crippen molar-refractivity contribution in [3.8, 4) is 0 Å². The van der Waals surface area contributed by atoms with Crippen LogP contribution in [-0.4, -0.2) is 47.5 Å². The quantitative estimate of drug-likeness (QED) is 0.642. The molecule has 0 saturated carbocycles. The van der Waals surface area contributed by atoms with Gasteiger partial charge in [0.2, 0.25) is 5.91 Å². The van der Waals surface area contributed by atoms with E-state index in [0.717, 1.165) is 4.57 Å². The number of carbonyl (C=O) groups excluding carboxylic acids is 3. The number of para-hydroxylation sites is 1. The summed E-state index contributed by atoms with van der Waals surface area (Å²) in [5.41, 5.74) is 0.155. The van der Waals surface area contributed by atoms with Crippen LogP contribution in [-0.2, 0) is 25.7 Å². The van der Waals surface area contributed by atoms with Gasteiger partial charge in [-0.1, -0.05) is 12.1 Å². The Balaban J connectivity index is 1.91. The molecule has 0 spiro atoms. The highest BCUT2D eigenvalue weighted by Gasteiger charge is 2.11. The lowest BCUT2D eigenvalue weighted by Gasteiger charge is -2.08. The predicted molar refractivity (Wildman–Crippen MR) is 84.0 cm³/mol. The van der Waals surface area contributed by atoms with Gasteiger partial charge >= 0.3 is 5.97 Å². The summed E-state index contributed by atoms with van der Waals surface area (Å²) < 4.78 is 5.87. The zero-order chi connectivity index (χ0) is 17.5. The Morgan fingerprint density at radius 1 is 1.21 bits per heavy atom. The van der Waals surface area contributed by atoms with E-state index in [1.54, 1.807) is 24.3 Å². The van der Waals surface area contributed by atoms with Crippen molar-refractivity contribution >= 4 is 28.7 Å². The number of amides is 2. The first kappa shape index (κ1) is 17.1. The minimum absolute atomic E-state index is 0.207. The number of nitrogens with one attached hydrogen (secondary N) is 2. The summed E-state index contributed by atoms with van der Waals surface area (Å²) in [7, 11) is 1.43. The van der Waals surface area contributed by atoms with Gasteiger partial charge in [0, 0.05) is 7.05 Å². The van der Waals surface area contributed by atoms with Gasteiger partial charge < -0.3 is 15.4 Å². The maximum absolute atomic E-state index is 12.2. The highest BCUT2D eigenvalue weighted by atomic mass is 16.5. The molecule has 9 heteroatoms. The molecule has 0 bridgehead atoms. The van der Waals surface area contributed by atoms with E-state index >= 15 is 0 Å². The Bertz CT molecular complexity index is 830. The first-order valence-electron chi connectivity index (χ1n) is 7.08. The van der Waals surface area contributed by atoms with E-state index in [-0.39, 0.29) is 24.6 Å². The fourth-order valence-electron chi connectivity index (χ4n) is 1.87. The average Bonchev–Trinajstić information content (AvgIpc) is 2.60. The van der Waals surface area contributed by atoms with Crippen LogP contribution in [0.3, 0.4) is 0 Å². The van der Waals surface area contributed by atoms with Crippen LogP contribution in [0.4, 0.5) is 0 Å². The number of aromatic nitrogens is 2. The van der Waals surface area contributed by atoms with Gasteiger partial charge in [0.1, 0.15) is 6.54 Å². The molecule has 24 heavy (non-hydrogen) atoms. The summed E-state index contributed by atoms with van der Waals surface area (Å²) in [6.07, 6.45) is 1.25. The molecule has 0 atom stereocenters. The topological polar surface area (TPSA) is 119 Å². The molecule has 0 radical (unpaired) electrons. The van der Waals surface area contributed by atoms with Crippen LogP contribution in [0.25, 0.3) is 10.9 Å². The summed E-state index contributed by atoms with van der Waals surface area (Å²) in [5, 5.41) is 5.00. The number of hydrogen-bond donors (Lipinski definition) is 2. The number of esters is 1. The van der Waals surface area contributed by atoms with E-state index < -0.39 is 18.5 Å². The Kier molecular flexibility index (Phi) is 5.61. The van der Waals surface area contributed by atoms with Gasteiger partial charge in [-0.2, -0.15) is 0 Å². The third-order valence-electron chi connectivity index (χ3n) is 3.12. The first-order chi connectivity index (χ1) is 11.5. The number of carbonyl (C=O) groups is 3. The standard InChI is InChI=1S/C15H16N4O5/c1-16-12(20)6-17-13(21)8-24-14(22)7-19-9-18-11-5-3-2-4-10(11)15(19)23/h2-5,9H,6-8H2,1H3,(H,16,20)(H,17,21). The number of nitrogens with zero attached hydrogens (tertiary/aromatic N) is 2. The number of benzene rings is 1. The normalized spacial score (nSPS) is 10.2. The smallest absolute Gasteiger partial charge is 0.326 e. The van der Waals surface area contributed by atoms with Gasteiger partial charge in [0.05, 0.1) is 23.8 Å². The third-order valence-corrected chi connectivity index (χ3v) is 3.12. The van der Waals surface area contributed by atoms with Gasteiger partial charge in [-0.25, -0.2) is 4.98 Å². The summed E-state index contributed by atoms with van der Waals surface area (Å²) in [5.74, 6) is -1.75. The Labute approximate surface area is 136 Å². The molecule has 0 fully saturated rings. The predicted octanol–water partition coefficient (Wildman–Crippen LogP) is -1.20. The molecule has 2 N–H and O–H groups in total. The molecule has 0 saturated heterocycles. The Morgan fingerprint density at radius 3 is 2.71 bits per heavy atom. The lowest BCUT2D eigenvalue weighted by atomic mass is 10.2. The van der Waals surface area contributed by atoms with E-state index in [9.17, 15) is 19.2 Å². The van der Waals surface area contributed by atoms with E-state index in [2.05, 4.69) is 15.6 Å². The molecule has 0 aliphatic carbocycles. The zero-order valence-corrected chi connectivity index (χ0v) is 12.9. The van der Waals surface area contributed by atoms with Crippen LogP contribution in [0.1, 0.15) is 0 Å². The number of rotatable bonds is 6. The summed E-state index contributed by atoms with van der Waals surface area (Å²) in [6, 6.07) is 6.75. The second kappa shape index (κ2) is 7.86. The number of ether oxygens (including phenoxy) is 1. The fourth-order valence-corrected chi connectivity index (χ4v) is 1.87. The first-order valence-corrected chi connectivity index (χ1v) is 7.08. The second-order valence-electron chi connectivity index (χ2n) is 4.81. The lowest BCUT2D eigenvalue weighted by Crippen LogP contribution is -2.37. The molecule has 126 valence electrons. The lowest BCUT2D eigenvalue weighted by molar-refractivity contribution is -0.149. The Hall–Kier alpha value is -3.23. The fraction of sp³-hybridized carbons (Fsp3) is 0.267. The van der Waals surface area contributed by atoms with Crippen LogP contribution in [0, 0.1) is 0 Å². The van der Waals surface area contributed by atoms with Crippen molar-refractivity contribution in [2.45, 2.75) is 6.54 Å². The number of likely N-dealkylation sites (N-methyl/N-ethyl adjacent to an activating group) is 1. The van der Waals surface area contributed by atoms with Crippen molar-refractivity contribution in [1.82, 2.24) is 20.2 Å². The van der Waals surface area contributed by atoms with Gasteiger partial charge in [0.15, 0.2) is 6.61 Å². The molecule has 1 aromatic heterocycles. The highest BCUT2D eigenvalue weighted by Crippen LogP contribution is 2.04. The molecular formula is C15H16N4O5. The summed E-state index contributed by atoms with van der Waals surface area (Å²) in [6.45, 7) is -1.11. The molecule has 1 aromatic carbocycles. The molecule has 2 amide bonds. The molecule has 0 aliphatic rings. The number of fused-ring (bicyclic) bond motifs is 1. The van der Waals surface area contributed by atoms with Crippen molar-refractivity contribution < 1.29 is 19.1 Å². The van der Waals surface area contributed by atoms with E-state index in [1.807, 2.05) is 0 Å². The van der Waals surface area contributed by atoms with Gasteiger partial charge in [-0.3, -0.25) is 23.7 Å². The van der Waals surface area contributed by atoms with Crippen LogP contribution in [0.2, 0.25) is 0 Å². The van der Waals surface area contributed by atoms with E-state index in [0.29, 0.717) is 10.9 Å². The van der Waals surface area contributed by atoms with Gasteiger partial charge in [-0.05, 0) is 12.1 Å². The van der Waals surface area contributed by atoms with Crippen LogP contribution in [0.15, 0.2) is 35.4 Å². The van der Waals surface area contributed by atoms with Crippen LogP contribution >= 0.6 is 0 Å². The summed E-state index contributed by atoms with van der Waals surface area (Å²) >= 11 is 0.